The Morgan fingerprint density at radius 2 is 1.33 bits per heavy atom. The van der Waals surface area contributed by atoms with Crippen molar-refractivity contribution in [1.82, 2.24) is 0 Å². The minimum Gasteiger partial charge on any atom is -0.497 e. The lowest BCUT2D eigenvalue weighted by atomic mass is 10.2. The van der Waals surface area contributed by atoms with Crippen LogP contribution < -0.4 is 14.2 Å². The minimum atomic E-state index is -0.474. The Bertz CT molecular complexity index is 721. The van der Waals surface area contributed by atoms with Crippen LogP contribution in [0.25, 0.3) is 0 Å². The van der Waals surface area contributed by atoms with Crippen molar-refractivity contribution in [2.24, 2.45) is 0 Å². The van der Waals surface area contributed by atoms with Crippen LogP contribution in [0.5, 0.6) is 17.2 Å². The van der Waals surface area contributed by atoms with E-state index in [1.165, 1.54) is 0 Å². The summed E-state index contributed by atoms with van der Waals surface area (Å²) >= 11 is 0. The van der Waals surface area contributed by atoms with Gasteiger partial charge in [0.1, 0.15) is 17.2 Å². The topological polar surface area (TPSA) is 71.1 Å². The van der Waals surface area contributed by atoms with Gasteiger partial charge < -0.3 is 18.9 Å². The third-order valence-corrected chi connectivity index (χ3v) is 3.82. The molecule has 0 saturated carbocycles. The molecular formula is C21H24O6. The fraction of sp³-hybridized carbons (Fsp3) is 0.333. The van der Waals surface area contributed by atoms with Crippen LogP contribution in [0.4, 0.5) is 0 Å². The van der Waals surface area contributed by atoms with Crippen LogP contribution >= 0.6 is 0 Å². The Morgan fingerprint density at radius 1 is 0.741 bits per heavy atom. The quantitative estimate of drug-likeness (QED) is 0.356. The molecule has 0 bridgehead atoms. The number of rotatable bonds is 10. The van der Waals surface area contributed by atoms with Gasteiger partial charge in [-0.2, -0.15) is 0 Å². The average Bonchev–Trinajstić information content (AvgIpc) is 2.69. The van der Waals surface area contributed by atoms with E-state index >= 15 is 0 Å². The van der Waals surface area contributed by atoms with Crippen molar-refractivity contribution in [2.45, 2.75) is 25.7 Å². The first kappa shape index (κ1) is 20.5. The fourth-order valence-electron chi connectivity index (χ4n) is 2.34. The molecule has 144 valence electrons. The molecule has 2 rings (SSSR count). The van der Waals surface area contributed by atoms with Crippen molar-refractivity contribution in [3.05, 3.63) is 54.1 Å². The molecular weight excluding hydrogens is 348 g/mol. The van der Waals surface area contributed by atoms with E-state index in [-0.39, 0.29) is 5.97 Å². The summed E-state index contributed by atoms with van der Waals surface area (Å²) in [4.78, 5) is 23.9. The zero-order valence-corrected chi connectivity index (χ0v) is 15.6. The number of ether oxygens (including phenoxy) is 4. The summed E-state index contributed by atoms with van der Waals surface area (Å²) in [5.74, 6) is 0.696. The summed E-state index contributed by atoms with van der Waals surface area (Å²) in [6, 6.07) is 13.0. The maximum atomic E-state index is 12.1. The van der Waals surface area contributed by atoms with E-state index < -0.39 is 5.97 Å². The molecule has 0 aliphatic carbocycles. The highest BCUT2D eigenvalue weighted by molar-refractivity contribution is 5.91. The number of hydrogen-bond acceptors (Lipinski definition) is 6. The largest absolute Gasteiger partial charge is 0.497 e. The molecule has 0 saturated heterocycles. The number of unbranched alkanes of at least 4 members (excludes halogenated alkanes) is 2. The average molecular weight is 372 g/mol. The van der Waals surface area contributed by atoms with Crippen molar-refractivity contribution in [2.75, 3.05) is 20.8 Å². The Balaban J connectivity index is 1.80. The summed E-state index contributed by atoms with van der Waals surface area (Å²) in [5.41, 5.74) is 0.416. The smallest absolute Gasteiger partial charge is 0.343 e. The van der Waals surface area contributed by atoms with Gasteiger partial charge in [-0.05, 0) is 61.4 Å². The van der Waals surface area contributed by atoms with Crippen LogP contribution in [-0.4, -0.2) is 32.8 Å². The SMILES string of the molecule is COCCCCCC(=O)Oc1ccc(OC(=O)c2ccc(OC)cc2)cc1. The Labute approximate surface area is 159 Å². The molecule has 27 heavy (non-hydrogen) atoms. The van der Waals surface area contributed by atoms with Gasteiger partial charge in [0.25, 0.3) is 0 Å². The van der Waals surface area contributed by atoms with Crippen LogP contribution in [0.2, 0.25) is 0 Å². The summed E-state index contributed by atoms with van der Waals surface area (Å²) in [6.07, 6.45) is 2.97. The predicted octanol–water partition coefficient (Wildman–Crippen LogP) is 4.03. The van der Waals surface area contributed by atoms with E-state index in [4.69, 9.17) is 18.9 Å². The fourth-order valence-corrected chi connectivity index (χ4v) is 2.34. The molecule has 0 radical (unpaired) electrons. The second-order valence-corrected chi connectivity index (χ2v) is 5.87. The molecule has 0 aliphatic rings. The molecule has 0 aromatic heterocycles. The van der Waals surface area contributed by atoms with Gasteiger partial charge >= 0.3 is 11.9 Å². The molecule has 2 aromatic rings. The third kappa shape index (κ3) is 7.11. The molecule has 6 nitrogen and oxygen atoms in total. The predicted molar refractivity (Wildman–Crippen MR) is 100 cm³/mol. The standard InChI is InChI=1S/C21H24O6/c1-24-15-5-3-4-6-20(22)26-18-11-13-19(14-12-18)27-21(23)16-7-9-17(25-2)10-8-16/h7-14H,3-6,15H2,1-2H3. The molecule has 0 unspecified atom stereocenters. The van der Waals surface area contributed by atoms with Gasteiger partial charge in [0, 0.05) is 20.1 Å². The van der Waals surface area contributed by atoms with Crippen molar-refractivity contribution in [3.8, 4) is 17.2 Å². The lowest BCUT2D eigenvalue weighted by Gasteiger charge is -2.07. The second kappa shape index (κ2) is 11.0. The normalized spacial score (nSPS) is 10.3. The van der Waals surface area contributed by atoms with E-state index in [0.29, 0.717) is 35.8 Å². The first-order valence-electron chi connectivity index (χ1n) is 8.78. The molecule has 0 N–H and O–H groups in total. The van der Waals surface area contributed by atoms with Crippen molar-refractivity contribution >= 4 is 11.9 Å². The van der Waals surface area contributed by atoms with Crippen molar-refractivity contribution in [1.29, 1.82) is 0 Å². The lowest BCUT2D eigenvalue weighted by Crippen LogP contribution is -2.09. The zero-order valence-electron chi connectivity index (χ0n) is 15.6. The lowest BCUT2D eigenvalue weighted by molar-refractivity contribution is -0.134. The van der Waals surface area contributed by atoms with Crippen LogP contribution in [0, 0.1) is 0 Å². The minimum absolute atomic E-state index is 0.282. The van der Waals surface area contributed by atoms with Gasteiger partial charge in [0.15, 0.2) is 0 Å². The number of carbonyl (C=O) groups is 2. The van der Waals surface area contributed by atoms with Gasteiger partial charge in [-0.3, -0.25) is 4.79 Å². The van der Waals surface area contributed by atoms with Crippen LogP contribution in [-0.2, 0) is 9.53 Å². The van der Waals surface area contributed by atoms with Crippen LogP contribution in [0.3, 0.4) is 0 Å². The summed E-state index contributed by atoms with van der Waals surface area (Å²) in [5, 5.41) is 0. The number of esters is 2. The van der Waals surface area contributed by atoms with Gasteiger partial charge in [-0.25, -0.2) is 4.79 Å². The molecule has 0 atom stereocenters. The Morgan fingerprint density at radius 3 is 1.93 bits per heavy atom. The molecule has 6 heteroatoms. The van der Waals surface area contributed by atoms with E-state index in [1.54, 1.807) is 62.8 Å². The summed E-state index contributed by atoms with van der Waals surface area (Å²) in [7, 11) is 3.22. The highest BCUT2D eigenvalue weighted by Crippen LogP contribution is 2.20. The van der Waals surface area contributed by atoms with Gasteiger partial charge in [0.05, 0.1) is 12.7 Å². The Kier molecular flexibility index (Phi) is 8.32. The highest BCUT2D eigenvalue weighted by Gasteiger charge is 2.10. The van der Waals surface area contributed by atoms with Crippen LogP contribution in [0.1, 0.15) is 36.0 Å². The molecule has 0 fully saturated rings. The number of hydrogen-bond donors (Lipinski definition) is 0. The maximum Gasteiger partial charge on any atom is 0.343 e. The molecule has 0 spiro atoms. The second-order valence-electron chi connectivity index (χ2n) is 5.87. The van der Waals surface area contributed by atoms with Crippen molar-refractivity contribution in [3.63, 3.8) is 0 Å². The van der Waals surface area contributed by atoms with E-state index in [1.807, 2.05) is 0 Å². The molecule has 2 aromatic carbocycles. The molecule has 0 heterocycles. The summed E-state index contributed by atoms with van der Waals surface area (Å²) < 4.78 is 20.6. The monoisotopic (exact) mass is 372 g/mol. The number of carbonyl (C=O) groups excluding carboxylic acids is 2. The van der Waals surface area contributed by atoms with E-state index in [2.05, 4.69) is 0 Å². The van der Waals surface area contributed by atoms with Gasteiger partial charge in [-0.1, -0.05) is 6.42 Å². The first-order valence-corrected chi connectivity index (χ1v) is 8.78. The molecule has 0 aliphatic heterocycles. The Hall–Kier alpha value is -2.86. The van der Waals surface area contributed by atoms with E-state index in [9.17, 15) is 9.59 Å². The number of methoxy groups -OCH3 is 2. The highest BCUT2D eigenvalue weighted by atomic mass is 16.5. The first-order chi connectivity index (χ1) is 13.1. The van der Waals surface area contributed by atoms with Crippen molar-refractivity contribution < 1.29 is 28.5 Å². The van der Waals surface area contributed by atoms with Gasteiger partial charge in [-0.15, -0.1) is 0 Å². The van der Waals surface area contributed by atoms with Gasteiger partial charge in [0.2, 0.25) is 0 Å². The third-order valence-electron chi connectivity index (χ3n) is 3.82. The van der Waals surface area contributed by atoms with E-state index in [0.717, 1.165) is 19.3 Å². The maximum absolute atomic E-state index is 12.1. The summed E-state index contributed by atoms with van der Waals surface area (Å²) in [6.45, 7) is 0.700. The van der Waals surface area contributed by atoms with Crippen LogP contribution in [0.15, 0.2) is 48.5 Å². The molecule has 0 amide bonds. The number of benzene rings is 2. The zero-order chi connectivity index (χ0) is 19.5.